The number of phenols is 4. The van der Waals surface area contributed by atoms with Crippen molar-refractivity contribution in [2.45, 2.75) is 63.3 Å². The van der Waals surface area contributed by atoms with Gasteiger partial charge < -0.3 is 74.6 Å². The van der Waals surface area contributed by atoms with Crippen LogP contribution in [-0.4, -0.2) is 68.5 Å². The summed E-state index contributed by atoms with van der Waals surface area (Å²) in [6.07, 6.45) is 22.1. The van der Waals surface area contributed by atoms with E-state index < -0.39 is 13.5 Å². The number of phenolic OH excluding ortho intramolecular Hbond substituents is 4. The van der Waals surface area contributed by atoms with Crippen LogP contribution < -0.4 is 55.0 Å². The zero-order valence-electron chi connectivity index (χ0n) is 76.0. The van der Waals surface area contributed by atoms with E-state index in [1.54, 1.807) is 117 Å². The van der Waals surface area contributed by atoms with E-state index >= 15 is 0 Å². The maximum absolute atomic E-state index is 10.2. The van der Waals surface area contributed by atoms with Crippen molar-refractivity contribution in [3.8, 4) is 40.2 Å². The van der Waals surface area contributed by atoms with Gasteiger partial charge in [-0.3, -0.25) is 19.9 Å². The van der Waals surface area contributed by atoms with Crippen molar-refractivity contribution in [3.05, 3.63) is 540 Å². The van der Waals surface area contributed by atoms with E-state index in [0.717, 1.165) is 66.7 Å². The summed E-state index contributed by atoms with van der Waals surface area (Å²) in [7, 11) is -2.80. The van der Waals surface area contributed by atoms with Gasteiger partial charge in [-0.25, -0.2) is 0 Å². The van der Waals surface area contributed by atoms with Gasteiger partial charge in [0.15, 0.2) is 8.07 Å². The summed E-state index contributed by atoms with van der Waals surface area (Å²) in [6.45, 7) is 20.2. The predicted molar refractivity (Wildman–Crippen MR) is 530 cm³/mol. The molecule has 24 heteroatoms. The maximum atomic E-state index is 10.2. The number of hydrogen-bond donors (Lipinski definition) is 4. The summed E-state index contributed by atoms with van der Waals surface area (Å²) in [5.41, 5.74) is 10.3. The molecule has 4 aliphatic rings. The van der Waals surface area contributed by atoms with Crippen molar-refractivity contribution in [1.29, 1.82) is 0 Å². The number of hydrogen-bond acceptors (Lipinski definition) is 19. The molecular formula is C114H98N12O7Pt4Si. The molecule has 8 heterocycles. The second-order valence-corrected chi connectivity index (χ2v) is 37.1. The number of aromatic nitrogens is 4. The van der Waals surface area contributed by atoms with Gasteiger partial charge in [0.05, 0.1) is 33.9 Å². The molecule has 0 amide bonds. The summed E-state index contributed by atoms with van der Waals surface area (Å²) in [6, 6.07) is 133. The molecule has 16 aromatic rings. The summed E-state index contributed by atoms with van der Waals surface area (Å²) in [5.74, 6) is 2.58. The quantitative estimate of drug-likeness (QED) is 0.0254. The van der Waals surface area contributed by atoms with Crippen molar-refractivity contribution in [2.24, 2.45) is 0 Å². The van der Waals surface area contributed by atoms with Crippen LogP contribution in [-0.2, 0) is 106 Å². The molecule has 20 rings (SSSR count). The standard InChI is InChI=1S/C33H25N3O2.C32H25N3O2Si.C26H27N3O.C23H21N3O2.4Pt/c37-31-19-8-7-18-30(31)35-22-23-36(25-35)38-29-17-11-16-28(24-29)33(26-12-3-1-4-13-26,27-14-5-2-6-15-27)32-20-9-10-21-34-32;36-31-19-8-7-18-30(31)34-22-23-35(25-34)37-26-12-11-17-29(24-26)38(27-13-3-1-4-14-27,28-15-5-2-6-16-28)32-20-9-10-21-33-32;1-25(2,24-14-7-8-15-27-24)20-10-9-11-21(18-20)26(3,4)29-17-16-28(19-29)22-12-5-6-13-23(22)30;1-23(2,22-12-5-6-13-24-22)18-8-7-9-19(16-18)28-26-15-14-25(17-26)20-10-3-4-11-21(20)27;;;;/h1-23,25,37H;1-23,25,36H;5-17,19,30H,1-4H3;3-15,17,27H,1-2H3;;;;/q4*-2;4*+2. The number of hydroxylamine groups is 6. The Morgan fingerprint density at radius 2 is 0.594 bits per heavy atom. The Morgan fingerprint density at radius 3 is 0.993 bits per heavy atom. The summed E-state index contributed by atoms with van der Waals surface area (Å²) < 4.78 is 0. The zero-order valence-corrected chi connectivity index (χ0v) is 86.1. The van der Waals surface area contributed by atoms with Gasteiger partial charge >= 0.3 is 84.3 Å². The molecule has 12 aromatic carbocycles. The summed E-state index contributed by atoms with van der Waals surface area (Å²) >= 11 is 0. The van der Waals surface area contributed by atoms with Crippen LogP contribution in [0.4, 0.5) is 22.7 Å². The third-order valence-corrected chi connectivity index (χ3v) is 28.4. The molecule has 4 N–H and O–H groups in total. The number of pyridine rings is 4. The number of aromatic hydroxyl groups is 4. The molecule has 700 valence electrons. The smallest absolute Gasteiger partial charge is 0.506 e. The fourth-order valence-electron chi connectivity index (χ4n) is 16.6. The predicted octanol–water partition coefficient (Wildman–Crippen LogP) is 20.5. The summed E-state index contributed by atoms with van der Waals surface area (Å²) in [4.78, 5) is 46.6. The van der Waals surface area contributed by atoms with E-state index in [9.17, 15) is 20.4 Å². The maximum Gasteiger partial charge on any atom is 2.00 e. The number of para-hydroxylation sites is 8. The zero-order chi connectivity index (χ0) is 92.5. The Kier molecular flexibility index (Phi) is 34.1. The van der Waals surface area contributed by atoms with Crippen LogP contribution in [0.15, 0.2) is 438 Å². The normalized spacial score (nSPS) is 13.1. The Balaban J connectivity index is 0.000000155. The average molecular weight is 2560 g/mol. The van der Waals surface area contributed by atoms with Gasteiger partial charge in [-0.15, -0.1) is 73.1 Å². The molecule has 0 saturated heterocycles. The van der Waals surface area contributed by atoms with E-state index in [0.29, 0.717) is 34.3 Å². The molecular weight excluding hydrogens is 2460 g/mol. The van der Waals surface area contributed by atoms with Crippen LogP contribution in [0.1, 0.15) is 92.0 Å². The number of benzene rings is 12. The molecule has 0 fully saturated rings. The van der Waals surface area contributed by atoms with Crippen LogP contribution in [0.25, 0.3) is 0 Å². The molecule has 4 aromatic heterocycles. The van der Waals surface area contributed by atoms with Crippen LogP contribution in [0.3, 0.4) is 0 Å². The first-order valence-electron chi connectivity index (χ1n) is 43.9. The second-order valence-electron chi connectivity index (χ2n) is 33.4. The molecule has 0 spiro atoms. The van der Waals surface area contributed by atoms with Crippen LogP contribution in [0.2, 0.25) is 0 Å². The molecule has 4 aliphatic heterocycles. The SMILES string of the molecule is CC(C)(c1[c-]c(C(C)(C)N2C=CN(c3ccccc3O)[CH-]2)ccc1)c1ccccn1.CC(C)(c1[c-]c(ON2C=CN(c3ccccc3O)[CH-]2)ccc1)c1ccccn1.Oc1ccccc1N1C=CN(Oc2[c-]c(C(c3ccccc3)(c3ccccc3)c3ccccn3)ccc2)[CH-]1.Oc1ccccc1N1C=CN(Oc2[c-]c([Si](c3ccccc3)(c3ccccc3)c3ccccn3)ccc2)[CH-]1.[Pt+2].[Pt+2].[Pt+2].[Pt+2]. The molecule has 138 heavy (non-hydrogen) atoms. The third-order valence-electron chi connectivity index (χ3n) is 23.8. The van der Waals surface area contributed by atoms with Gasteiger partial charge in [0.25, 0.3) is 0 Å². The molecule has 0 saturated carbocycles. The molecule has 0 aliphatic carbocycles. The number of anilines is 4. The van der Waals surface area contributed by atoms with E-state index in [1.807, 2.05) is 261 Å². The van der Waals surface area contributed by atoms with Crippen molar-refractivity contribution >= 4 is 51.7 Å². The van der Waals surface area contributed by atoms with Crippen molar-refractivity contribution in [2.75, 3.05) is 19.6 Å². The van der Waals surface area contributed by atoms with E-state index in [2.05, 4.69) is 202 Å². The molecule has 0 bridgehead atoms. The minimum Gasteiger partial charge on any atom is -0.506 e. The van der Waals surface area contributed by atoms with Crippen molar-refractivity contribution < 1.29 is 119 Å². The fraction of sp³-hybridized carbons (Fsp3) is 0.0877. The Morgan fingerprint density at radius 1 is 0.275 bits per heavy atom. The van der Waals surface area contributed by atoms with Gasteiger partial charge in [-0.05, 0) is 163 Å². The minimum atomic E-state index is -2.80. The molecule has 19 nitrogen and oxygen atoms in total. The Labute approximate surface area is 866 Å². The van der Waals surface area contributed by atoms with Crippen LogP contribution in [0.5, 0.6) is 40.2 Å². The first-order chi connectivity index (χ1) is 65.3. The number of nitrogens with zero attached hydrogens (tertiary/aromatic N) is 12. The Bertz CT molecular complexity index is 6330. The Hall–Kier alpha value is -13.8. The van der Waals surface area contributed by atoms with Gasteiger partial charge in [-0.1, -0.05) is 222 Å². The largest absolute Gasteiger partial charge is 2.00 e. The van der Waals surface area contributed by atoms with Gasteiger partial charge in [-0.2, -0.15) is 78.1 Å². The van der Waals surface area contributed by atoms with Crippen LogP contribution >= 0.6 is 0 Å². The second kappa shape index (κ2) is 46.3. The van der Waals surface area contributed by atoms with Gasteiger partial charge in [0, 0.05) is 93.7 Å². The number of rotatable bonds is 24. The first-order valence-corrected chi connectivity index (χ1v) is 45.9. The topological polar surface area (TPSA) is 186 Å². The fourth-order valence-corrected chi connectivity index (χ4v) is 21.1. The average Bonchev–Trinajstić information content (AvgIpc) is 0.791. The van der Waals surface area contributed by atoms with E-state index in [4.69, 9.17) is 24.5 Å². The van der Waals surface area contributed by atoms with Crippen LogP contribution in [0, 0.1) is 50.9 Å². The van der Waals surface area contributed by atoms with Gasteiger partial charge in [0.1, 0.15) is 23.0 Å². The third kappa shape index (κ3) is 22.5. The van der Waals surface area contributed by atoms with Crippen molar-refractivity contribution in [3.63, 3.8) is 0 Å². The monoisotopic (exact) mass is 2550 g/mol. The van der Waals surface area contributed by atoms with E-state index in [-0.39, 0.29) is 124 Å². The van der Waals surface area contributed by atoms with Gasteiger partial charge in [0.2, 0.25) is 0 Å². The molecule has 0 radical (unpaired) electrons. The van der Waals surface area contributed by atoms with Crippen molar-refractivity contribution in [1.82, 2.24) is 40.0 Å². The van der Waals surface area contributed by atoms with E-state index in [1.165, 1.54) is 10.4 Å². The molecule has 0 atom stereocenters. The molecule has 0 unspecified atom stereocenters. The first kappa shape index (κ1) is 102. The minimum absolute atomic E-state index is 0. The summed E-state index contributed by atoms with van der Waals surface area (Å²) in [5, 5.41) is 50.0.